The molecule has 2 atom stereocenters. The van der Waals surface area contributed by atoms with Gasteiger partial charge in [0.1, 0.15) is 17.0 Å². The largest absolute Gasteiger partial charge is 0.481 e. The van der Waals surface area contributed by atoms with E-state index in [1.54, 1.807) is 11.5 Å². The van der Waals surface area contributed by atoms with E-state index in [1.807, 2.05) is 67.6 Å². The number of pyridine rings is 2. The fourth-order valence-electron chi connectivity index (χ4n) is 6.45. The molecule has 3 aromatic heterocycles. The van der Waals surface area contributed by atoms with Crippen molar-refractivity contribution in [2.75, 3.05) is 26.7 Å². The summed E-state index contributed by atoms with van der Waals surface area (Å²) in [6.07, 6.45) is 2.31. The number of carbonyl (C=O) groups excluding carboxylic acids is 1. The number of rotatable bonds is 9. The maximum absolute atomic E-state index is 13.5. The molecule has 0 radical (unpaired) electrons. The number of nitrogens with zero attached hydrogens (tertiary/aromatic N) is 4. The number of nitrogens with one attached hydrogen (secondary N) is 3. The molecule has 2 aliphatic heterocycles. The number of aromatic nitrogens is 3. The Bertz CT molecular complexity index is 2220. The Labute approximate surface area is 298 Å². The molecule has 4 N–H and O–H groups in total. The lowest BCUT2D eigenvalue weighted by Crippen LogP contribution is -2.42. The van der Waals surface area contributed by atoms with Crippen LogP contribution in [0.1, 0.15) is 29.7 Å². The molecule has 0 bridgehead atoms. The molecule has 256 valence electrons. The normalized spacial score (nSPS) is 17.4. The number of aliphatic hydroxyl groups excluding tert-OH is 1. The van der Waals surface area contributed by atoms with Gasteiger partial charge in [0.15, 0.2) is 0 Å². The number of benzene rings is 2. The van der Waals surface area contributed by atoms with Crippen molar-refractivity contribution in [2.45, 2.75) is 38.5 Å². The third-order valence-electron chi connectivity index (χ3n) is 9.01. The van der Waals surface area contributed by atoms with Crippen LogP contribution in [0, 0.1) is 6.92 Å². The Morgan fingerprint density at radius 2 is 1.74 bits per heavy atom. The zero-order valence-corrected chi connectivity index (χ0v) is 29.0. The molecule has 7 rings (SSSR count). The fourth-order valence-corrected chi connectivity index (χ4v) is 7.12. The Morgan fingerprint density at radius 1 is 1.00 bits per heavy atom. The van der Waals surface area contributed by atoms with Crippen molar-refractivity contribution in [1.82, 2.24) is 30.3 Å². The van der Waals surface area contributed by atoms with Crippen LogP contribution in [-0.4, -0.2) is 70.1 Å². The van der Waals surface area contributed by atoms with E-state index >= 15 is 0 Å². The molecule has 50 heavy (non-hydrogen) atoms. The summed E-state index contributed by atoms with van der Waals surface area (Å²) in [6, 6.07) is 19.3. The molecule has 1 saturated heterocycles. The van der Waals surface area contributed by atoms with Crippen LogP contribution in [0.4, 0.5) is 0 Å². The minimum atomic E-state index is -0.586. The molecule has 5 heterocycles. The van der Waals surface area contributed by atoms with Crippen LogP contribution in [0.2, 0.25) is 10.0 Å². The third-order valence-corrected chi connectivity index (χ3v) is 9.82. The highest BCUT2D eigenvalue weighted by Gasteiger charge is 2.22. The SMILES string of the molecule is COc1nc(-c2cccc(-c3cccc(-c4cc(C)n5c(=O)c(C6=NCC(O)CN6)cnc5c4)c3Cl)c2Cl)ccc1CNC[C@@H]1CCC(=O)N1. The van der Waals surface area contributed by atoms with Crippen LogP contribution in [0.15, 0.2) is 76.6 Å². The van der Waals surface area contributed by atoms with E-state index in [-0.39, 0.29) is 24.1 Å². The molecule has 11 nitrogen and oxygen atoms in total. The number of halogens is 2. The molecule has 0 spiro atoms. The second-order valence-corrected chi connectivity index (χ2v) is 13.2. The van der Waals surface area contributed by atoms with Crippen LogP contribution in [0.25, 0.3) is 39.2 Å². The zero-order valence-electron chi connectivity index (χ0n) is 27.5. The van der Waals surface area contributed by atoms with Crippen LogP contribution in [0.3, 0.4) is 0 Å². The molecule has 2 aromatic carbocycles. The molecule has 0 saturated carbocycles. The van der Waals surface area contributed by atoms with Gasteiger partial charge >= 0.3 is 0 Å². The maximum Gasteiger partial charge on any atom is 0.269 e. The van der Waals surface area contributed by atoms with Crippen molar-refractivity contribution >= 4 is 40.6 Å². The number of hydrogen-bond donors (Lipinski definition) is 4. The summed E-state index contributed by atoms with van der Waals surface area (Å²) in [5, 5.41) is 20.1. The van der Waals surface area contributed by atoms with E-state index in [0.29, 0.717) is 70.4 Å². The Morgan fingerprint density at radius 3 is 2.44 bits per heavy atom. The standard InChI is InChI=1S/C37H35Cl2N7O4/c1-20-13-22(14-31-41-19-29(37(49)46(20)31)35-42-17-24(47)18-43-35)25-5-3-6-26(33(25)38)27-7-4-8-28(34(27)39)30-11-9-21(36(45-30)50-2)15-40-16-23-10-12-32(48)44-23/h3-9,11,13-14,19,23-24,40,47H,10,12,15-18H2,1-2H3,(H,42,43)(H,44,48)/t23-/m0/s1. The molecular formula is C37H35Cl2N7O4. The van der Waals surface area contributed by atoms with Gasteiger partial charge in [0.25, 0.3) is 5.56 Å². The van der Waals surface area contributed by atoms with E-state index in [2.05, 4.69) is 25.9 Å². The van der Waals surface area contributed by atoms with Gasteiger partial charge < -0.3 is 25.8 Å². The summed E-state index contributed by atoms with van der Waals surface area (Å²) in [7, 11) is 1.59. The Balaban J connectivity index is 1.18. The minimum absolute atomic E-state index is 0.0907. The van der Waals surface area contributed by atoms with Crippen LogP contribution < -0.4 is 26.2 Å². The number of aryl methyl sites for hydroxylation is 1. The molecule has 1 fully saturated rings. The van der Waals surface area contributed by atoms with Gasteiger partial charge in [-0.3, -0.25) is 19.0 Å². The van der Waals surface area contributed by atoms with Crippen molar-refractivity contribution in [2.24, 2.45) is 4.99 Å². The predicted molar refractivity (Wildman–Crippen MR) is 195 cm³/mol. The van der Waals surface area contributed by atoms with Gasteiger partial charge in [-0.25, -0.2) is 9.97 Å². The number of aliphatic hydroxyl groups is 1. The summed E-state index contributed by atoms with van der Waals surface area (Å²) < 4.78 is 7.19. The number of amidine groups is 1. The van der Waals surface area contributed by atoms with E-state index in [4.69, 9.17) is 32.9 Å². The summed E-state index contributed by atoms with van der Waals surface area (Å²) >= 11 is 14.2. The Hall–Kier alpha value is -4.81. The number of hydrogen-bond acceptors (Lipinski definition) is 9. The topological polar surface area (TPSA) is 142 Å². The van der Waals surface area contributed by atoms with Crippen molar-refractivity contribution < 1.29 is 14.6 Å². The smallest absolute Gasteiger partial charge is 0.269 e. The number of carbonyl (C=O) groups is 1. The van der Waals surface area contributed by atoms with Gasteiger partial charge in [0, 0.05) is 71.8 Å². The van der Waals surface area contributed by atoms with Crippen molar-refractivity contribution in [1.29, 1.82) is 0 Å². The van der Waals surface area contributed by atoms with Crippen LogP contribution in [0.5, 0.6) is 5.88 Å². The molecule has 1 unspecified atom stereocenters. The van der Waals surface area contributed by atoms with Crippen LogP contribution in [-0.2, 0) is 11.3 Å². The van der Waals surface area contributed by atoms with Crippen molar-refractivity contribution in [3.05, 3.63) is 104 Å². The summed E-state index contributed by atoms with van der Waals surface area (Å²) in [6.45, 7) is 3.59. The van der Waals surface area contributed by atoms with Gasteiger partial charge in [0.2, 0.25) is 11.8 Å². The first kappa shape index (κ1) is 33.7. The number of amides is 1. The van der Waals surface area contributed by atoms with E-state index in [1.165, 1.54) is 6.20 Å². The lowest BCUT2D eigenvalue weighted by molar-refractivity contribution is -0.119. The van der Waals surface area contributed by atoms with Gasteiger partial charge in [-0.15, -0.1) is 0 Å². The minimum Gasteiger partial charge on any atom is -0.481 e. The van der Waals surface area contributed by atoms with Crippen molar-refractivity contribution in [3.8, 4) is 39.4 Å². The fraction of sp³-hybridized carbons (Fsp3) is 0.270. The van der Waals surface area contributed by atoms with E-state index in [0.717, 1.165) is 39.8 Å². The highest BCUT2D eigenvalue weighted by atomic mass is 35.5. The zero-order chi connectivity index (χ0) is 34.9. The lowest BCUT2D eigenvalue weighted by atomic mass is 9.96. The monoisotopic (exact) mass is 711 g/mol. The molecular weight excluding hydrogens is 677 g/mol. The van der Waals surface area contributed by atoms with Gasteiger partial charge in [-0.2, -0.15) is 0 Å². The van der Waals surface area contributed by atoms with E-state index < -0.39 is 6.10 Å². The summed E-state index contributed by atoms with van der Waals surface area (Å²) in [5.74, 6) is 1.00. The molecule has 13 heteroatoms. The Kier molecular flexibility index (Phi) is 9.56. The number of aliphatic imine (C=N–C) groups is 1. The first-order valence-corrected chi connectivity index (χ1v) is 17.1. The number of ether oxygens (including phenoxy) is 1. The molecule has 5 aromatic rings. The average molecular weight is 713 g/mol. The summed E-state index contributed by atoms with van der Waals surface area (Å²) in [4.78, 5) is 38.7. The second-order valence-electron chi connectivity index (χ2n) is 12.4. The van der Waals surface area contributed by atoms with E-state index in [9.17, 15) is 14.7 Å². The number of β-amino-alcohol motifs (C(OH)–C–C–N with tert-alkyl or cyclic N) is 1. The van der Waals surface area contributed by atoms with Gasteiger partial charge in [-0.1, -0.05) is 65.7 Å². The first-order valence-electron chi connectivity index (χ1n) is 16.3. The predicted octanol–water partition coefficient (Wildman–Crippen LogP) is 4.79. The maximum atomic E-state index is 13.5. The highest BCUT2D eigenvalue weighted by Crippen LogP contribution is 2.42. The lowest BCUT2D eigenvalue weighted by Gasteiger charge is -2.19. The molecule has 0 aliphatic carbocycles. The third kappa shape index (κ3) is 6.57. The second kappa shape index (κ2) is 14.2. The van der Waals surface area contributed by atoms with Crippen molar-refractivity contribution in [3.63, 3.8) is 0 Å². The highest BCUT2D eigenvalue weighted by molar-refractivity contribution is 6.39. The first-order chi connectivity index (χ1) is 24.2. The van der Waals surface area contributed by atoms with Crippen LogP contribution >= 0.6 is 23.2 Å². The molecule has 2 aliphatic rings. The summed E-state index contributed by atoms with van der Waals surface area (Å²) in [5.41, 5.74) is 6.54. The van der Waals surface area contributed by atoms with Gasteiger partial charge in [0.05, 0.1) is 35.5 Å². The molecule has 1 amide bonds. The number of fused-ring (bicyclic) bond motifs is 1. The quantitative estimate of drug-likeness (QED) is 0.171. The van der Waals surface area contributed by atoms with Gasteiger partial charge in [-0.05, 0) is 37.1 Å². The average Bonchev–Trinajstić information content (AvgIpc) is 3.53. The number of methoxy groups -OCH3 is 1.